The van der Waals surface area contributed by atoms with Crippen LogP contribution in [0.1, 0.15) is 21.5 Å². The zero-order chi connectivity index (χ0) is 13.0. The Morgan fingerprint density at radius 2 is 2.00 bits per heavy atom. The van der Waals surface area contributed by atoms with Crippen LogP contribution in [0.15, 0.2) is 36.9 Å². The molecule has 0 unspecified atom stereocenters. The number of pyridine rings is 2. The molecule has 2 heterocycles. The number of hydrogen-bond donors (Lipinski definition) is 1. The van der Waals surface area contributed by atoms with Gasteiger partial charge in [0, 0.05) is 31.3 Å². The fourth-order valence-electron chi connectivity index (χ4n) is 1.53. The summed E-state index contributed by atoms with van der Waals surface area (Å²) in [5.74, 6) is -0.210. The summed E-state index contributed by atoms with van der Waals surface area (Å²) in [6.45, 7) is 2.40. The maximum atomic E-state index is 11.9. The van der Waals surface area contributed by atoms with Gasteiger partial charge in [0.05, 0.1) is 10.6 Å². The molecule has 0 aromatic carbocycles. The molecule has 92 valence electrons. The number of aryl methyl sites for hydroxylation is 1. The molecule has 2 aromatic rings. The normalized spacial score (nSPS) is 10.1. The monoisotopic (exact) mass is 261 g/mol. The highest BCUT2D eigenvalue weighted by molar-refractivity contribution is 6.33. The Morgan fingerprint density at radius 1 is 1.28 bits per heavy atom. The molecular formula is C13H12ClN3O. The lowest BCUT2D eigenvalue weighted by molar-refractivity contribution is 0.0951. The number of amides is 1. The van der Waals surface area contributed by atoms with Gasteiger partial charge in [-0.2, -0.15) is 0 Å². The minimum Gasteiger partial charge on any atom is -0.348 e. The van der Waals surface area contributed by atoms with Crippen LogP contribution in [0.5, 0.6) is 0 Å². The SMILES string of the molecule is Cc1cnccc1CNC(=O)c1ccncc1Cl. The molecule has 0 spiro atoms. The van der Waals surface area contributed by atoms with Crippen LogP contribution < -0.4 is 5.32 Å². The van der Waals surface area contributed by atoms with Crippen molar-refractivity contribution < 1.29 is 4.79 Å². The Bertz CT molecular complexity index is 572. The molecule has 18 heavy (non-hydrogen) atoms. The quantitative estimate of drug-likeness (QED) is 0.923. The van der Waals surface area contributed by atoms with Crippen molar-refractivity contribution >= 4 is 17.5 Å². The third-order valence-corrected chi connectivity index (χ3v) is 2.89. The first-order valence-electron chi connectivity index (χ1n) is 5.45. The molecule has 0 saturated carbocycles. The molecule has 1 N–H and O–H groups in total. The van der Waals surface area contributed by atoms with Gasteiger partial charge in [0.2, 0.25) is 0 Å². The number of nitrogens with one attached hydrogen (secondary N) is 1. The molecule has 0 aliphatic rings. The van der Waals surface area contributed by atoms with E-state index in [-0.39, 0.29) is 5.91 Å². The smallest absolute Gasteiger partial charge is 0.253 e. The van der Waals surface area contributed by atoms with Gasteiger partial charge in [-0.25, -0.2) is 0 Å². The van der Waals surface area contributed by atoms with E-state index < -0.39 is 0 Å². The number of nitrogens with zero attached hydrogens (tertiary/aromatic N) is 2. The predicted octanol–water partition coefficient (Wildman–Crippen LogP) is 2.37. The van der Waals surface area contributed by atoms with E-state index in [1.165, 1.54) is 6.20 Å². The number of carbonyl (C=O) groups is 1. The van der Waals surface area contributed by atoms with Crippen molar-refractivity contribution in [3.8, 4) is 0 Å². The summed E-state index contributed by atoms with van der Waals surface area (Å²) in [5.41, 5.74) is 2.50. The Labute approximate surface area is 110 Å². The molecule has 4 nitrogen and oxygen atoms in total. The molecule has 2 rings (SSSR count). The van der Waals surface area contributed by atoms with Crippen molar-refractivity contribution in [3.05, 3.63) is 58.6 Å². The van der Waals surface area contributed by atoms with E-state index in [0.717, 1.165) is 11.1 Å². The summed E-state index contributed by atoms with van der Waals surface area (Å²) in [6.07, 6.45) is 6.46. The maximum absolute atomic E-state index is 11.9. The van der Waals surface area contributed by atoms with E-state index in [9.17, 15) is 4.79 Å². The second kappa shape index (κ2) is 5.60. The highest BCUT2D eigenvalue weighted by Crippen LogP contribution is 2.13. The molecular weight excluding hydrogens is 250 g/mol. The molecule has 0 aliphatic carbocycles. The van der Waals surface area contributed by atoms with Crippen LogP contribution in [0.4, 0.5) is 0 Å². The highest BCUT2D eigenvalue weighted by Gasteiger charge is 2.09. The number of hydrogen-bond acceptors (Lipinski definition) is 3. The first kappa shape index (κ1) is 12.5. The zero-order valence-electron chi connectivity index (χ0n) is 9.85. The van der Waals surface area contributed by atoms with Gasteiger partial charge in [0.15, 0.2) is 0 Å². The second-order valence-electron chi connectivity index (χ2n) is 3.84. The van der Waals surface area contributed by atoms with Gasteiger partial charge in [-0.1, -0.05) is 11.6 Å². The number of carbonyl (C=O) groups excluding carboxylic acids is 1. The zero-order valence-corrected chi connectivity index (χ0v) is 10.6. The van der Waals surface area contributed by atoms with Crippen molar-refractivity contribution in [2.75, 3.05) is 0 Å². The number of aromatic nitrogens is 2. The topological polar surface area (TPSA) is 54.9 Å². The summed E-state index contributed by atoms with van der Waals surface area (Å²) in [5, 5.41) is 3.17. The lowest BCUT2D eigenvalue weighted by atomic mass is 10.1. The van der Waals surface area contributed by atoms with Crippen LogP contribution in [0.25, 0.3) is 0 Å². The van der Waals surface area contributed by atoms with Crippen LogP contribution in [0.3, 0.4) is 0 Å². The fourth-order valence-corrected chi connectivity index (χ4v) is 1.74. The molecule has 5 heteroatoms. The van der Waals surface area contributed by atoms with E-state index >= 15 is 0 Å². The first-order chi connectivity index (χ1) is 8.68. The van der Waals surface area contributed by atoms with Gasteiger partial charge < -0.3 is 5.32 Å². The van der Waals surface area contributed by atoms with Crippen molar-refractivity contribution in [2.45, 2.75) is 13.5 Å². The maximum Gasteiger partial charge on any atom is 0.253 e. The average Bonchev–Trinajstić information content (AvgIpc) is 2.38. The van der Waals surface area contributed by atoms with E-state index in [4.69, 9.17) is 11.6 Å². The van der Waals surface area contributed by atoms with Crippen LogP contribution in [-0.2, 0) is 6.54 Å². The minimum absolute atomic E-state index is 0.210. The van der Waals surface area contributed by atoms with Crippen LogP contribution in [0.2, 0.25) is 5.02 Å². The minimum atomic E-state index is -0.210. The van der Waals surface area contributed by atoms with E-state index in [1.54, 1.807) is 24.7 Å². The van der Waals surface area contributed by atoms with Gasteiger partial charge in [-0.05, 0) is 30.2 Å². The van der Waals surface area contributed by atoms with Crippen LogP contribution in [-0.4, -0.2) is 15.9 Å². The third kappa shape index (κ3) is 2.84. The molecule has 0 atom stereocenters. The van der Waals surface area contributed by atoms with Crippen molar-refractivity contribution in [1.82, 2.24) is 15.3 Å². The lowest BCUT2D eigenvalue weighted by Crippen LogP contribution is -2.23. The Balaban J connectivity index is 2.06. The van der Waals surface area contributed by atoms with Gasteiger partial charge in [-0.3, -0.25) is 14.8 Å². The second-order valence-corrected chi connectivity index (χ2v) is 4.25. The van der Waals surface area contributed by atoms with E-state index in [0.29, 0.717) is 17.1 Å². The Morgan fingerprint density at radius 3 is 2.72 bits per heavy atom. The van der Waals surface area contributed by atoms with E-state index in [2.05, 4.69) is 15.3 Å². The predicted molar refractivity (Wildman–Crippen MR) is 69.4 cm³/mol. The average molecular weight is 262 g/mol. The molecule has 1 amide bonds. The highest BCUT2D eigenvalue weighted by atomic mass is 35.5. The van der Waals surface area contributed by atoms with Crippen molar-refractivity contribution in [1.29, 1.82) is 0 Å². The summed E-state index contributed by atoms with van der Waals surface area (Å²) in [6, 6.07) is 3.47. The third-order valence-electron chi connectivity index (χ3n) is 2.59. The van der Waals surface area contributed by atoms with Gasteiger partial charge >= 0.3 is 0 Å². The largest absolute Gasteiger partial charge is 0.348 e. The van der Waals surface area contributed by atoms with Crippen LogP contribution in [0, 0.1) is 6.92 Å². The van der Waals surface area contributed by atoms with Crippen molar-refractivity contribution in [3.63, 3.8) is 0 Å². The lowest BCUT2D eigenvalue weighted by Gasteiger charge is -2.08. The molecule has 0 saturated heterocycles. The molecule has 0 radical (unpaired) electrons. The van der Waals surface area contributed by atoms with Crippen molar-refractivity contribution in [2.24, 2.45) is 0 Å². The summed E-state index contributed by atoms with van der Waals surface area (Å²) in [7, 11) is 0. The summed E-state index contributed by atoms with van der Waals surface area (Å²) in [4.78, 5) is 19.8. The molecule has 0 bridgehead atoms. The Kier molecular flexibility index (Phi) is 3.89. The van der Waals surface area contributed by atoms with Gasteiger partial charge in [-0.15, -0.1) is 0 Å². The molecule has 2 aromatic heterocycles. The van der Waals surface area contributed by atoms with E-state index in [1.807, 2.05) is 13.0 Å². The number of halogens is 1. The standard InChI is InChI=1S/C13H12ClN3O/c1-9-6-15-4-2-10(9)7-17-13(18)11-3-5-16-8-12(11)14/h2-6,8H,7H2,1H3,(H,17,18). The number of rotatable bonds is 3. The van der Waals surface area contributed by atoms with Gasteiger partial charge in [0.25, 0.3) is 5.91 Å². The molecule has 0 aliphatic heterocycles. The molecule has 0 fully saturated rings. The Hall–Kier alpha value is -1.94. The van der Waals surface area contributed by atoms with Gasteiger partial charge in [0.1, 0.15) is 0 Å². The summed E-state index contributed by atoms with van der Waals surface area (Å²) >= 11 is 5.90. The van der Waals surface area contributed by atoms with Crippen LogP contribution >= 0.6 is 11.6 Å². The fraction of sp³-hybridized carbons (Fsp3) is 0.154. The first-order valence-corrected chi connectivity index (χ1v) is 5.83. The summed E-state index contributed by atoms with van der Waals surface area (Å²) < 4.78 is 0.